The van der Waals surface area contributed by atoms with Crippen LogP contribution in [0.1, 0.15) is 27.7 Å². The molecule has 96 valence electrons. The van der Waals surface area contributed by atoms with Gasteiger partial charge in [-0.2, -0.15) is 0 Å². The second-order valence-corrected chi connectivity index (χ2v) is 4.40. The summed E-state index contributed by atoms with van der Waals surface area (Å²) in [6.45, 7) is 9.15. The van der Waals surface area contributed by atoms with Gasteiger partial charge in [0.05, 0.1) is 19.8 Å². The van der Waals surface area contributed by atoms with Crippen LogP contribution in [0.4, 0.5) is 4.79 Å². The van der Waals surface area contributed by atoms with Gasteiger partial charge in [0.1, 0.15) is 5.60 Å². The summed E-state index contributed by atoms with van der Waals surface area (Å²) in [5, 5.41) is 8.52. The van der Waals surface area contributed by atoms with E-state index in [9.17, 15) is 4.79 Å². The number of amides is 1. The second-order valence-electron chi connectivity index (χ2n) is 4.40. The van der Waals surface area contributed by atoms with E-state index in [4.69, 9.17) is 14.6 Å². The van der Waals surface area contributed by atoms with Crippen LogP contribution in [-0.4, -0.2) is 54.6 Å². The van der Waals surface area contributed by atoms with Gasteiger partial charge >= 0.3 is 6.09 Å². The van der Waals surface area contributed by atoms with Crippen molar-refractivity contribution in [2.45, 2.75) is 33.3 Å². The van der Waals surface area contributed by atoms with Crippen LogP contribution >= 0.6 is 0 Å². The van der Waals surface area contributed by atoms with Crippen molar-refractivity contribution in [3.05, 3.63) is 0 Å². The minimum absolute atomic E-state index is 0.00143. The number of rotatable bonds is 6. The molecule has 0 aromatic carbocycles. The number of nitrogens with zero attached hydrogens (tertiary/aromatic N) is 1. The molecule has 1 amide bonds. The van der Waals surface area contributed by atoms with Gasteiger partial charge in [0.25, 0.3) is 0 Å². The highest BCUT2D eigenvalue weighted by Crippen LogP contribution is 2.09. The zero-order chi connectivity index (χ0) is 12.6. The molecule has 0 radical (unpaired) electrons. The fourth-order valence-electron chi connectivity index (χ4n) is 1.05. The van der Waals surface area contributed by atoms with Crippen LogP contribution in [0.2, 0.25) is 0 Å². The number of carbonyl (C=O) groups is 1. The van der Waals surface area contributed by atoms with Gasteiger partial charge in [-0.1, -0.05) is 0 Å². The minimum Gasteiger partial charge on any atom is -0.444 e. The maximum Gasteiger partial charge on any atom is 0.410 e. The molecule has 16 heavy (non-hydrogen) atoms. The summed E-state index contributed by atoms with van der Waals surface area (Å²) in [6, 6.07) is 0. The molecule has 0 unspecified atom stereocenters. The molecule has 0 spiro atoms. The Hall–Kier alpha value is -0.810. The van der Waals surface area contributed by atoms with Crippen LogP contribution in [0.5, 0.6) is 0 Å². The van der Waals surface area contributed by atoms with E-state index < -0.39 is 5.60 Å². The normalized spacial score (nSPS) is 11.3. The van der Waals surface area contributed by atoms with Crippen molar-refractivity contribution in [3.8, 4) is 0 Å². The molecule has 0 aliphatic rings. The summed E-state index contributed by atoms with van der Waals surface area (Å²) in [6.07, 6.45) is -0.331. The van der Waals surface area contributed by atoms with E-state index >= 15 is 0 Å². The predicted octanol–water partition coefficient (Wildman–Crippen LogP) is 1.25. The van der Waals surface area contributed by atoms with Crippen LogP contribution < -0.4 is 0 Å². The zero-order valence-corrected chi connectivity index (χ0v) is 10.7. The first-order chi connectivity index (χ1) is 7.40. The Bertz CT molecular complexity index is 201. The fraction of sp³-hybridized carbons (Fsp3) is 0.909. The third-order valence-corrected chi connectivity index (χ3v) is 1.77. The number of ether oxygens (including phenoxy) is 2. The predicted molar refractivity (Wildman–Crippen MR) is 61.4 cm³/mol. The van der Waals surface area contributed by atoms with E-state index in [1.165, 1.54) is 0 Å². The van der Waals surface area contributed by atoms with Gasteiger partial charge in [-0.15, -0.1) is 0 Å². The summed E-state index contributed by atoms with van der Waals surface area (Å²) in [5.41, 5.74) is -0.476. The van der Waals surface area contributed by atoms with E-state index in [0.29, 0.717) is 26.3 Å². The average molecular weight is 233 g/mol. The first-order valence-electron chi connectivity index (χ1n) is 5.57. The van der Waals surface area contributed by atoms with Gasteiger partial charge in [0, 0.05) is 13.1 Å². The smallest absolute Gasteiger partial charge is 0.410 e. The Morgan fingerprint density at radius 2 is 1.94 bits per heavy atom. The summed E-state index contributed by atoms with van der Waals surface area (Å²) < 4.78 is 10.3. The molecule has 0 atom stereocenters. The Morgan fingerprint density at radius 3 is 2.38 bits per heavy atom. The van der Waals surface area contributed by atoms with Crippen LogP contribution in [0, 0.1) is 0 Å². The summed E-state index contributed by atoms with van der Waals surface area (Å²) in [7, 11) is 0. The Kier molecular flexibility index (Phi) is 7.08. The molecule has 0 fully saturated rings. The van der Waals surface area contributed by atoms with E-state index in [1.807, 2.05) is 27.7 Å². The van der Waals surface area contributed by atoms with Gasteiger partial charge in [-0.3, -0.25) is 0 Å². The molecule has 5 heteroatoms. The van der Waals surface area contributed by atoms with Gasteiger partial charge < -0.3 is 19.5 Å². The lowest BCUT2D eigenvalue weighted by Gasteiger charge is -2.26. The standard InChI is InChI=1S/C11H23NO4/c1-5-12(6-8-15-9-7-13)10(14)16-11(2,3)4/h13H,5-9H2,1-4H3. The molecule has 0 aliphatic carbocycles. The van der Waals surface area contributed by atoms with Crippen molar-refractivity contribution in [1.82, 2.24) is 4.90 Å². The molecule has 0 bridgehead atoms. The average Bonchev–Trinajstić information content (AvgIpc) is 2.15. The summed E-state index contributed by atoms with van der Waals surface area (Å²) >= 11 is 0. The molecule has 0 aromatic rings. The number of carbonyl (C=O) groups excluding carboxylic acids is 1. The molecule has 0 rings (SSSR count). The van der Waals surface area contributed by atoms with Crippen LogP contribution in [0.15, 0.2) is 0 Å². The highest BCUT2D eigenvalue weighted by molar-refractivity contribution is 5.68. The lowest BCUT2D eigenvalue weighted by Crippen LogP contribution is -2.38. The number of aliphatic hydroxyl groups is 1. The Morgan fingerprint density at radius 1 is 1.31 bits per heavy atom. The third kappa shape index (κ3) is 7.48. The number of hydrogen-bond acceptors (Lipinski definition) is 4. The van der Waals surface area contributed by atoms with E-state index in [1.54, 1.807) is 4.90 Å². The van der Waals surface area contributed by atoms with Gasteiger partial charge in [0.15, 0.2) is 0 Å². The fourth-order valence-corrected chi connectivity index (χ4v) is 1.05. The molecular weight excluding hydrogens is 210 g/mol. The lowest BCUT2D eigenvalue weighted by atomic mass is 10.2. The molecule has 1 N–H and O–H groups in total. The van der Waals surface area contributed by atoms with Gasteiger partial charge in [0.2, 0.25) is 0 Å². The van der Waals surface area contributed by atoms with E-state index in [0.717, 1.165) is 0 Å². The summed E-state index contributed by atoms with van der Waals surface area (Å²) in [5.74, 6) is 0. The molecule has 0 saturated carbocycles. The van der Waals surface area contributed by atoms with Crippen LogP contribution in [-0.2, 0) is 9.47 Å². The third-order valence-electron chi connectivity index (χ3n) is 1.77. The van der Waals surface area contributed by atoms with Gasteiger partial charge in [-0.05, 0) is 27.7 Å². The maximum absolute atomic E-state index is 11.7. The SMILES string of the molecule is CCN(CCOCCO)C(=O)OC(C)(C)C. The van der Waals surface area contributed by atoms with Crippen LogP contribution in [0.25, 0.3) is 0 Å². The maximum atomic E-state index is 11.7. The quantitative estimate of drug-likeness (QED) is 0.701. The number of hydrogen-bond donors (Lipinski definition) is 1. The highest BCUT2D eigenvalue weighted by Gasteiger charge is 2.20. The zero-order valence-electron chi connectivity index (χ0n) is 10.7. The highest BCUT2D eigenvalue weighted by atomic mass is 16.6. The van der Waals surface area contributed by atoms with Crippen molar-refractivity contribution in [1.29, 1.82) is 0 Å². The molecule has 0 saturated heterocycles. The molecular formula is C11H23NO4. The van der Waals surface area contributed by atoms with Gasteiger partial charge in [-0.25, -0.2) is 4.79 Å². The molecule has 5 nitrogen and oxygen atoms in total. The first-order valence-corrected chi connectivity index (χ1v) is 5.57. The van der Waals surface area contributed by atoms with Crippen molar-refractivity contribution in [2.75, 3.05) is 32.9 Å². The van der Waals surface area contributed by atoms with Crippen LogP contribution in [0.3, 0.4) is 0 Å². The van der Waals surface area contributed by atoms with Crippen molar-refractivity contribution in [3.63, 3.8) is 0 Å². The minimum atomic E-state index is -0.476. The topological polar surface area (TPSA) is 59.0 Å². The number of aliphatic hydroxyl groups excluding tert-OH is 1. The van der Waals surface area contributed by atoms with Crippen molar-refractivity contribution >= 4 is 6.09 Å². The first kappa shape index (κ1) is 15.2. The Balaban J connectivity index is 3.93. The number of likely N-dealkylation sites (N-methyl/N-ethyl adjacent to an activating group) is 1. The Labute approximate surface area is 97.3 Å². The van der Waals surface area contributed by atoms with E-state index in [2.05, 4.69) is 0 Å². The lowest BCUT2D eigenvalue weighted by molar-refractivity contribution is 0.0166. The van der Waals surface area contributed by atoms with Crippen molar-refractivity contribution in [2.24, 2.45) is 0 Å². The summed E-state index contributed by atoms with van der Waals surface area (Å²) in [4.78, 5) is 13.2. The second kappa shape index (κ2) is 7.46. The van der Waals surface area contributed by atoms with Crippen molar-refractivity contribution < 1.29 is 19.4 Å². The monoisotopic (exact) mass is 233 g/mol. The molecule has 0 heterocycles. The largest absolute Gasteiger partial charge is 0.444 e. The van der Waals surface area contributed by atoms with E-state index in [-0.39, 0.29) is 12.7 Å². The molecule has 0 aromatic heterocycles. The molecule has 0 aliphatic heterocycles.